The normalized spacial score (nSPS) is 14.9. The number of aryl methyl sites for hydroxylation is 1. The molecule has 4 rings (SSSR count). The number of benzene rings is 2. The molecule has 190 valence electrons. The quantitative estimate of drug-likeness (QED) is 0.365. The Bertz CT molecular complexity index is 1180. The Morgan fingerprint density at radius 2 is 1.92 bits per heavy atom. The summed E-state index contributed by atoms with van der Waals surface area (Å²) in [6, 6.07) is 15.0. The van der Waals surface area contributed by atoms with Gasteiger partial charge < -0.3 is 19.3 Å². The summed E-state index contributed by atoms with van der Waals surface area (Å²) in [7, 11) is 1.60. The molecule has 0 saturated carbocycles. The van der Waals surface area contributed by atoms with Crippen molar-refractivity contribution >= 4 is 23.2 Å². The Morgan fingerprint density at radius 1 is 1.14 bits per heavy atom. The van der Waals surface area contributed by atoms with Gasteiger partial charge in [0.25, 0.3) is 5.91 Å². The number of para-hydroxylation sites is 1. The van der Waals surface area contributed by atoms with E-state index in [4.69, 9.17) is 9.47 Å². The topological polar surface area (TPSA) is 59.1 Å². The molecule has 1 aromatic heterocycles. The van der Waals surface area contributed by atoms with E-state index in [1.165, 1.54) is 34.0 Å². The second-order valence-electron chi connectivity index (χ2n) is 8.81. The predicted molar refractivity (Wildman–Crippen MR) is 138 cm³/mol. The first-order valence-corrected chi connectivity index (χ1v) is 12.9. The van der Waals surface area contributed by atoms with Gasteiger partial charge in [0.1, 0.15) is 24.7 Å². The summed E-state index contributed by atoms with van der Waals surface area (Å²) in [5.41, 5.74) is 2.48. The van der Waals surface area contributed by atoms with Crippen LogP contribution in [0.25, 0.3) is 0 Å². The number of carbonyl (C=O) groups is 2. The summed E-state index contributed by atoms with van der Waals surface area (Å²) in [5, 5.41) is 2.05. The number of halogens is 1. The molecule has 1 atom stereocenters. The molecule has 1 aliphatic heterocycles. The largest absolute Gasteiger partial charge is 0.491 e. The first kappa shape index (κ1) is 25.9. The van der Waals surface area contributed by atoms with Crippen molar-refractivity contribution in [3.05, 3.63) is 87.4 Å². The average molecular weight is 511 g/mol. The second-order valence-corrected chi connectivity index (χ2v) is 9.81. The molecule has 8 heteroatoms. The van der Waals surface area contributed by atoms with Crippen molar-refractivity contribution in [1.82, 2.24) is 9.80 Å². The summed E-state index contributed by atoms with van der Waals surface area (Å²) in [6.45, 7) is 3.64. The first-order chi connectivity index (χ1) is 17.5. The number of hydrogen-bond acceptors (Lipinski definition) is 5. The highest BCUT2D eigenvalue weighted by atomic mass is 32.1. The molecule has 0 saturated heterocycles. The van der Waals surface area contributed by atoms with Gasteiger partial charge in [-0.25, -0.2) is 4.39 Å². The molecule has 1 unspecified atom stereocenters. The fraction of sp³-hybridized carbons (Fsp3) is 0.357. The van der Waals surface area contributed by atoms with E-state index in [1.807, 2.05) is 36.1 Å². The van der Waals surface area contributed by atoms with Crippen molar-refractivity contribution in [1.29, 1.82) is 0 Å². The number of nitrogens with zero attached hydrogens (tertiary/aromatic N) is 2. The molecular weight excluding hydrogens is 479 g/mol. The van der Waals surface area contributed by atoms with Crippen LogP contribution < -0.4 is 4.74 Å². The molecule has 0 spiro atoms. The minimum absolute atomic E-state index is 0.0692. The molecule has 0 bridgehead atoms. The average Bonchev–Trinajstić information content (AvgIpc) is 3.37. The molecule has 2 amide bonds. The van der Waals surface area contributed by atoms with Crippen LogP contribution in [0.2, 0.25) is 0 Å². The zero-order valence-corrected chi connectivity index (χ0v) is 21.4. The molecule has 0 fully saturated rings. The number of ether oxygens (including phenoxy) is 2. The molecule has 0 N–H and O–H groups in total. The third-order valence-electron chi connectivity index (χ3n) is 6.39. The molecule has 0 aliphatic carbocycles. The predicted octanol–water partition coefficient (Wildman–Crippen LogP) is 4.88. The number of methoxy groups -OCH3 is 1. The summed E-state index contributed by atoms with van der Waals surface area (Å²) < 4.78 is 24.7. The minimum atomic E-state index is -0.412. The molecule has 2 heterocycles. The minimum Gasteiger partial charge on any atom is -0.491 e. The van der Waals surface area contributed by atoms with E-state index in [1.54, 1.807) is 18.4 Å². The van der Waals surface area contributed by atoms with Crippen molar-refractivity contribution in [2.75, 3.05) is 40.0 Å². The number of hydrogen-bond donors (Lipinski definition) is 0. The molecule has 6 nitrogen and oxygen atoms in total. The van der Waals surface area contributed by atoms with Gasteiger partial charge in [-0.1, -0.05) is 18.2 Å². The van der Waals surface area contributed by atoms with Gasteiger partial charge in [-0.2, -0.15) is 0 Å². The van der Waals surface area contributed by atoms with Crippen molar-refractivity contribution < 1.29 is 23.5 Å². The van der Waals surface area contributed by atoms with Gasteiger partial charge in [-0.15, -0.1) is 11.3 Å². The third kappa shape index (κ3) is 6.12. The molecular formula is C28H31FN2O4S. The Labute approximate surface area is 215 Å². The van der Waals surface area contributed by atoms with E-state index in [9.17, 15) is 14.0 Å². The first-order valence-electron chi connectivity index (χ1n) is 12.1. The molecule has 0 radical (unpaired) electrons. The summed E-state index contributed by atoms with van der Waals surface area (Å²) in [4.78, 5) is 31.5. The van der Waals surface area contributed by atoms with Crippen LogP contribution in [0.15, 0.2) is 60.0 Å². The van der Waals surface area contributed by atoms with E-state index in [0.717, 1.165) is 23.3 Å². The number of amides is 2. The van der Waals surface area contributed by atoms with Crippen molar-refractivity contribution in [3.63, 3.8) is 0 Å². The van der Waals surface area contributed by atoms with Gasteiger partial charge in [0.05, 0.1) is 6.04 Å². The highest BCUT2D eigenvalue weighted by Crippen LogP contribution is 2.34. The fourth-order valence-electron chi connectivity index (χ4n) is 4.44. The van der Waals surface area contributed by atoms with Gasteiger partial charge in [0, 0.05) is 37.2 Å². The van der Waals surface area contributed by atoms with Crippen LogP contribution in [-0.4, -0.2) is 61.6 Å². The number of thiophene rings is 1. The van der Waals surface area contributed by atoms with Crippen LogP contribution >= 0.6 is 11.3 Å². The van der Waals surface area contributed by atoms with Gasteiger partial charge in [-0.3, -0.25) is 9.59 Å². The summed E-state index contributed by atoms with van der Waals surface area (Å²) >= 11 is 1.70. The second kappa shape index (κ2) is 12.1. The van der Waals surface area contributed by atoms with E-state index < -0.39 is 5.82 Å². The SMILES string of the molecule is COCCCN(CC(=O)N1CCc2sccc2C1COc1ccccc1C)C(=O)c1ccc(F)cc1. The lowest BCUT2D eigenvalue weighted by Crippen LogP contribution is -2.48. The van der Waals surface area contributed by atoms with Crippen LogP contribution in [0, 0.1) is 12.7 Å². The van der Waals surface area contributed by atoms with Crippen LogP contribution in [0.4, 0.5) is 4.39 Å². The van der Waals surface area contributed by atoms with Crippen molar-refractivity contribution in [2.24, 2.45) is 0 Å². The Hall–Kier alpha value is -3.23. The summed E-state index contributed by atoms with van der Waals surface area (Å²) in [6.07, 6.45) is 1.36. The maximum absolute atomic E-state index is 13.6. The van der Waals surface area contributed by atoms with Gasteiger partial charge in [0.15, 0.2) is 0 Å². The van der Waals surface area contributed by atoms with Crippen molar-refractivity contribution in [3.8, 4) is 5.75 Å². The molecule has 1 aliphatic rings. The molecule has 2 aromatic carbocycles. The standard InChI is InChI=1S/C28H31FN2O4S/c1-20-6-3-4-7-25(20)35-19-24-23-13-17-36-26(23)12-15-31(24)27(32)18-30(14-5-16-34-2)28(33)21-8-10-22(29)11-9-21/h3-4,6-11,13,17,24H,5,12,14-16,18-19H2,1-2H3. The Morgan fingerprint density at radius 3 is 2.67 bits per heavy atom. The highest BCUT2D eigenvalue weighted by Gasteiger charge is 2.33. The highest BCUT2D eigenvalue weighted by molar-refractivity contribution is 7.10. The van der Waals surface area contributed by atoms with E-state index in [-0.39, 0.29) is 24.4 Å². The molecule has 3 aromatic rings. The lowest BCUT2D eigenvalue weighted by molar-refractivity contribution is -0.135. The third-order valence-corrected chi connectivity index (χ3v) is 7.38. The lowest BCUT2D eigenvalue weighted by Gasteiger charge is -2.37. The van der Waals surface area contributed by atoms with Crippen LogP contribution in [-0.2, 0) is 16.0 Å². The number of fused-ring (bicyclic) bond motifs is 1. The lowest BCUT2D eigenvalue weighted by atomic mass is 10.00. The fourth-order valence-corrected chi connectivity index (χ4v) is 5.37. The maximum atomic E-state index is 13.6. The summed E-state index contributed by atoms with van der Waals surface area (Å²) in [5.74, 6) is -0.0663. The van der Waals surface area contributed by atoms with Gasteiger partial charge in [0.2, 0.25) is 5.91 Å². The number of carbonyl (C=O) groups excluding carboxylic acids is 2. The van der Waals surface area contributed by atoms with Crippen LogP contribution in [0.5, 0.6) is 5.75 Å². The monoisotopic (exact) mass is 510 g/mol. The molecule has 36 heavy (non-hydrogen) atoms. The van der Waals surface area contributed by atoms with Gasteiger partial charge in [-0.05, 0) is 72.7 Å². The maximum Gasteiger partial charge on any atom is 0.254 e. The van der Waals surface area contributed by atoms with Crippen molar-refractivity contribution in [2.45, 2.75) is 25.8 Å². The zero-order chi connectivity index (χ0) is 25.5. The van der Waals surface area contributed by atoms with Crippen LogP contribution in [0.3, 0.4) is 0 Å². The Kier molecular flexibility index (Phi) is 8.72. The van der Waals surface area contributed by atoms with E-state index in [0.29, 0.717) is 38.3 Å². The van der Waals surface area contributed by atoms with E-state index >= 15 is 0 Å². The van der Waals surface area contributed by atoms with E-state index in [2.05, 4.69) is 11.4 Å². The van der Waals surface area contributed by atoms with Gasteiger partial charge >= 0.3 is 0 Å². The smallest absolute Gasteiger partial charge is 0.254 e. The zero-order valence-electron chi connectivity index (χ0n) is 20.6. The number of rotatable bonds is 10. The van der Waals surface area contributed by atoms with Crippen LogP contribution in [0.1, 0.15) is 38.8 Å². The Balaban J connectivity index is 1.52.